The number of unbranched alkanes of at least 4 members (excludes halogenated alkanes) is 1. The monoisotopic (exact) mass is 315 g/mol. The van der Waals surface area contributed by atoms with E-state index in [1.807, 2.05) is 10.8 Å². The van der Waals surface area contributed by atoms with Gasteiger partial charge in [-0.05, 0) is 18.9 Å². The Bertz CT molecular complexity index is 620. The Labute approximate surface area is 122 Å². The van der Waals surface area contributed by atoms with E-state index in [0.717, 1.165) is 19.4 Å². The van der Waals surface area contributed by atoms with Crippen LogP contribution in [-0.4, -0.2) is 29.6 Å². The molecule has 0 saturated heterocycles. The molecule has 0 spiro atoms. The zero-order valence-corrected chi connectivity index (χ0v) is 12.5. The largest absolute Gasteiger partial charge is 0.391 e. The molecule has 0 atom stereocenters. The van der Waals surface area contributed by atoms with Crippen molar-refractivity contribution in [3.63, 3.8) is 0 Å². The van der Waals surface area contributed by atoms with Crippen molar-refractivity contribution in [2.75, 3.05) is 6.54 Å². The van der Waals surface area contributed by atoms with Gasteiger partial charge in [0.15, 0.2) is 0 Å². The summed E-state index contributed by atoms with van der Waals surface area (Å²) in [6.45, 7) is 1.10. The lowest BCUT2D eigenvalue weighted by Crippen LogP contribution is -2.24. The zero-order valence-electron chi connectivity index (χ0n) is 10.9. The first-order valence-electron chi connectivity index (χ1n) is 6.25. The summed E-state index contributed by atoms with van der Waals surface area (Å²) in [7, 11) is -3.45. The van der Waals surface area contributed by atoms with Gasteiger partial charge in [-0.25, -0.2) is 18.1 Å². The molecule has 0 unspecified atom stereocenters. The summed E-state index contributed by atoms with van der Waals surface area (Å²) in [6.07, 6.45) is 6.98. The number of nitrogens with zero attached hydrogens (tertiary/aromatic N) is 2. The number of nitrogens with one attached hydrogen (secondary N) is 1. The van der Waals surface area contributed by atoms with Crippen LogP contribution in [0.15, 0.2) is 35.1 Å². The van der Waals surface area contributed by atoms with Crippen LogP contribution in [-0.2, 0) is 23.2 Å². The number of aromatic nitrogens is 2. The summed E-state index contributed by atoms with van der Waals surface area (Å²) in [5.41, 5.74) is 0. The minimum absolute atomic E-state index is 0.134. The average molecular weight is 315 g/mol. The Hall–Kier alpha value is -1.22. The van der Waals surface area contributed by atoms with E-state index in [1.165, 1.54) is 17.4 Å². The smallest absolute Gasteiger partial charge is 0.241 e. The zero-order chi connectivity index (χ0) is 14.4. The SMILES string of the molecule is O=S(=O)(NCCCCn1ccnc1)c1csc(CO)c1. The molecule has 0 aliphatic heterocycles. The third kappa shape index (κ3) is 4.14. The fourth-order valence-electron chi connectivity index (χ4n) is 1.71. The predicted octanol–water partition coefficient (Wildman–Crippen LogP) is 1.20. The van der Waals surface area contributed by atoms with Gasteiger partial charge in [-0.2, -0.15) is 0 Å². The van der Waals surface area contributed by atoms with Gasteiger partial charge >= 0.3 is 0 Å². The van der Waals surface area contributed by atoms with Gasteiger partial charge < -0.3 is 9.67 Å². The highest BCUT2D eigenvalue weighted by atomic mass is 32.2. The second kappa shape index (κ2) is 6.98. The maximum absolute atomic E-state index is 12.0. The van der Waals surface area contributed by atoms with Gasteiger partial charge in [-0.3, -0.25) is 0 Å². The molecule has 2 N–H and O–H groups in total. The van der Waals surface area contributed by atoms with E-state index in [0.29, 0.717) is 11.4 Å². The van der Waals surface area contributed by atoms with E-state index in [1.54, 1.807) is 17.9 Å². The molecule has 2 rings (SSSR count). The molecule has 0 aliphatic rings. The average Bonchev–Trinajstić information content (AvgIpc) is 3.09. The Morgan fingerprint density at radius 2 is 2.25 bits per heavy atom. The van der Waals surface area contributed by atoms with Crippen molar-refractivity contribution in [2.24, 2.45) is 0 Å². The van der Waals surface area contributed by atoms with E-state index >= 15 is 0 Å². The Kier molecular flexibility index (Phi) is 5.30. The van der Waals surface area contributed by atoms with E-state index in [2.05, 4.69) is 9.71 Å². The van der Waals surface area contributed by atoms with Gasteiger partial charge in [-0.15, -0.1) is 11.3 Å². The maximum atomic E-state index is 12.0. The summed E-state index contributed by atoms with van der Waals surface area (Å²) in [5, 5.41) is 10.5. The predicted molar refractivity (Wildman–Crippen MR) is 76.9 cm³/mol. The number of thiophene rings is 1. The Balaban J connectivity index is 1.75. The van der Waals surface area contributed by atoms with Crippen LogP contribution in [0.1, 0.15) is 17.7 Å². The van der Waals surface area contributed by atoms with Crippen molar-refractivity contribution >= 4 is 21.4 Å². The van der Waals surface area contributed by atoms with Gasteiger partial charge in [-0.1, -0.05) is 0 Å². The second-order valence-electron chi connectivity index (χ2n) is 4.31. The van der Waals surface area contributed by atoms with Gasteiger partial charge in [0.25, 0.3) is 0 Å². The van der Waals surface area contributed by atoms with Crippen LogP contribution >= 0.6 is 11.3 Å². The molecule has 0 bridgehead atoms. The number of aliphatic hydroxyl groups is 1. The van der Waals surface area contributed by atoms with Crippen molar-refractivity contribution in [2.45, 2.75) is 30.9 Å². The number of aliphatic hydroxyl groups excluding tert-OH is 1. The molecule has 110 valence electrons. The highest BCUT2D eigenvalue weighted by Gasteiger charge is 2.15. The normalized spacial score (nSPS) is 11.8. The Morgan fingerprint density at radius 1 is 1.40 bits per heavy atom. The first-order chi connectivity index (χ1) is 9.62. The van der Waals surface area contributed by atoms with Crippen molar-refractivity contribution in [3.8, 4) is 0 Å². The molecule has 0 radical (unpaired) electrons. The number of imidazole rings is 1. The van der Waals surface area contributed by atoms with E-state index < -0.39 is 10.0 Å². The third-order valence-corrected chi connectivity index (χ3v) is 5.30. The molecule has 6 nitrogen and oxygen atoms in total. The third-order valence-electron chi connectivity index (χ3n) is 2.79. The van der Waals surface area contributed by atoms with E-state index in [9.17, 15) is 8.42 Å². The van der Waals surface area contributed by atoms with Crippen LogP contribution in [0.25, 0.3) is 0 Å². The minimum Gasteiger partial charge on any atom is -0.391 e. The summed E-state index contributed by atoms with van der Waals surface area (Å²) < 4.78 is 28.4. The number of rotatable bonds is 8. The number of hydrogen-bond acceptors (Lipinski definition) is 5. The molecule has 2 aromatic rings. The van der Waals surface area contributed by atoms with Crippen LogP contribution in [0.3, 0.4) is 0 Å². The minimum atomic E-state index is -3.45. The molecule has 0 aliphatic carbocycles. The molecule has 0 amide bonds. The summed E-state index contributed by atoms with van der Waals surface area (Å²) in [6, 6.07) is 1.50. The van der Waals surface area contributed by atoms with Crippen LogP contribution in [0.5, 0.6) is 0 Å². The van der Waals surface area contributed by atoms with Gasteiger partial charge in [0.2, 0.25) is 10.0 Å². The van der Waals surface area contributed by atoms with Crippen LogP contribution in [0, 0.1) is 0 Å². The van der Waals surface area contributed by atoms with Crippen molar-refractivity contribution in [1.29, 1.82) is 0 Å². The lowest BCUT2D eigenvalue weighted by Gasteiger charge is -2.05. The van der Waals surface area contributed by atoms with Crippen molar-refractivity contribution in [3.05, 3.63) is 35.0 Å². The van der Waals surface area contributed by atoms with Crippen molar-refractivity contribution in [1.82, 2.24) is 14.3 Å². The molecular weight excluding hydrogens is 298 g/mol. The second-order valence-corrected chi connectivity index (χ2v) is 7.07. The number of sulfonamides is 1. The molecule has 20 heavy (non-hydrogen) atoms. The molecular formula is C12H17N3O3S2. The van der Waals surface area contributed by atoms with Gasteiger partial charge in [0, 0.05) is 35.7 Å². The first-order valence-corrected chi connectivity index (χ1v) is 8.62. The first kappa shape index (κ1) is 15.2. The van der Waals surface area contributed by atoms with Crippen LogP contribution < -0.4 is 4.72 Å². The Morgan fingerprint density at radius 3 is 2.90 bits per heavy atom. The molecule has 2 aromatic heterocycles. The van der Waals surface area contributed by atoms with Crippen molar-refractivity contribution < 1.29 is 13.5 Å². The molecule has 0 aromatic carbocycles. The standard InChI is InChI=1S/C12H17N3O3S2/c16-8-11-7-12(9-19-11)20(17,18)14-3-1-2-5-15-6-4-13-10-15/h4,6-7,9-10,14,16H,1-3,5,8H2. The molecule has 2 heterocycles. The molecule has 0 fully saturated rings. The van der Waals surface area contributed by atoms with E-state index in [-0.39, 0.29) is 11.5 Å². The summed E-state index contributed by atoms with van der Waals surface area (Å²) >= 11 is 1.24. The number of hydrogen-bond donors (Lipinski definition) is 2. The molecule has 8 heteroatoms. The summed E-state index contributed by atoms with van der Waals surface area (Å²) in [4.78, 5) is 4.81. The van der Waals surface area contributed by atoms with Crippen LogP contribution in [0.4, 0.5) is 0 Å². The maximum Gasteiger partial charge on any atom is 0.241 e. The van der Waals surface area contributed by atoms with Gasteiger partial charge in [0.1, 0.15) is 0 Å². The van der Waals surface area contributed by atoms with Crippen LogP contribution in [0.2, 0.25) is 0 Å². The lowest BCUT2D eigenvalue weighted by molar-refractivity contribution is 0.285. The summed E-state index contributed by atoms with van der Waals surface area (Å²) in [5.74, 6) is 0. The highest BCUT2D eigenvalue weighted by molar-refractivity contribution is 7.89. The number of aryl methyl sites for hydroxylation is 1. The molecule has 0 saturated carbocycles. The fraction of sp³-hybridized carbons (Fsp3) is 0.417. The fourth-order valence-corrected chi connectivity index (χ4v) is 3.92. The lowest BCUT2D eigenvalue weighted by atomic mass is 10.3. The quantitative estimate of drug-likeness (QED) is 0.717. The van der Waals surface area contributed by atoms with Gasteiger partial charge in [0.05, 0.1) is 17.8 Å². The highest BCUT2D eigenvalue weighted by Crippen LogP contribution is 2.18. The topological polar surface area (TPSA) is 84.2 Å². The van der Waals surface area contributed by atoms with E-state index in [4.69, 9.17) is 5.11 Å².